The van der Waals surface area contributed by atoms with Crippen molar-refractivity contribution in [3.8, 4) is 0 Å². The third-order valence-corrected chi connectivity index (χ3v) is 7.79. The minimum atomic E-state index is -3.96. The molecule has 1 aromatic carbocycles. The highest BCUT2D eigenvalue weighted by atomic mass is 35.5. The SMILES string of the molecule is CN(C)C(c1cccc(Cl)c1)c1csc(C(=O)c2cncnc2NC2CC[C@@H](COS(N)(=O)=O)C2)c1. The van der Waals surface area contributed by atoms with Gasteiger partial charge in [0.15, 0.2) is 0 Å². The van der Waals surface area contributed by atoms with E-state index in [9.17, 15) is 13.2 Å². The molecule has 0 aliphatic heterocycles. The fraction of sp³-hybridized carbons (Fsp3) is 0.375. The lowest BCUT2D eigenvalue weighted by Gasteiger charge is -2.24. The van der Waals surface area contributed by atoms with Gasteiger partial charge >= 0.3 is 10.3 Å². The van der Waals surface area contributed by atoms with Crippen LogP contribution in [0.3, 0.4) is 0 Å². The van der Waals surface area contributed by atoms with E-state index in [0.717, 1.165) is 24.0 Å². The zero-order chi connectivity index (χ0) is 25.9. The first-order chi connectivity index (χ1) is 17.1. The second-order valence-electron chi connectivity index (χ2n) is 9.08. The van der Waals surface area contributed by atoms with Gasteiger partial charge in [-0.2, -0.15) is 8.42 Å². The van der Waals surface area contributed by atoms with Crippen LogP contribution in [0.1, 0.15) is 51.7 Å². The molecule has 4 rings (SSSR count). The van der Waals surface area contributed by atoms with Crippen LogP contribution in [0.15, 0.2) is 48.2 Å². The molecular formula is C24H28ClN5O4S2. The molecule has 2 heterocycles. The topological polar surface area (TPSA) is 128 Å². The average molecular weight is 550 g/mol. The molecule has 9 nitrogen and oxygen atoms in total. The minimum absolute atomic E-state index is 0.0281. The van der Waals surface area contributed by atoms with Crippen molar-refractivity contribution in [1.82, 2.24) is 14.9 Å². The minimum Gasteiger partial charge on any atom is -0.367 e. The van der Waals surface area contributed by atoms with Crippen LogP contribution in [-0.4, -0.2) is 55.8 Å². The molecule has 0 bridgehead atoms. The van der Waals surface area contributed by atoms with Gasteiger partial charge in [0.1, 0.15) is 12.1 Å². The van der Waals surface area contributed by atoms with Crippen molar-refractivity contribution in [3.05, 3.63) is 74.8 Å². The number of thiophene rings is 1. The summed E-state index contributed by atoms with van der Waals surface area (Å²) in [6.45, 7) is 0.0458. The molecule has 2 aromatic heterocycles. The molecule has 0 spiro atoms. The van der Waals surface area contributed by atoms with E-state index in [4.69, 9.17) is 20.9 Å². The molecule has 1 aliphatic rings. The van der Waals surface area contributed by atoms with Crippen LogP contribution >= 0.6 is 22.9 Å². The van der Waals surface area contributed by atoms with Crippen LogP contribution in [0, 0.1) is 5.92 Å². The Hall–Kier alpha value is -2.41. The number of nitrogens with two attached hydrogens (primary N) is 1. The van der Waals surface area contributed by atoms with E-state index in [1.165, 1.54) is 23.9 Å². The molecule has 3 aromatic rings. The molecule has 1 aliphatic carbocycles. The molecule has 0 radical (unpaired) electrons. The van der Waals surface area contributed by atoms with Gasteiger partial charge in [0.25, 0.3) is 0 Å². The van der Waals surface area contributed by atoms with Crippen LogP contribution in [-0.2, 0) is 14.5 Å². The second-order valence-corrected chi connectivity index (χ2v) is 11.6. The summed E-state index contributed by atoms with van der Waals surface area (Å²) in [7, 11) is 0.0132. The van der Waals surface area contributed by atoms with Gasteiger partial charge in [0.05, 0.1) is 23.1 Å². The predicted octanol–water partition coefficient (Wildman–Crippen LogP) is 3.87. The van der Waals surface area contributed by atoms with E-state index < -0.39 is 10.3 Å². The molecule has 1 fully saturated rings. The fourth-order valence-corrected chi connectivity index (χ4v) is 6.03. The summed E-state index contributed by atoms with van der Waals surface area (Å²) in [5.41, 5.74) is 2.42. The largest absolute Gasteiger partial charge is 0.367 e. The van der Waals surface area contributed by atoms with Crippen LogP contribution < -0.4 is 10.5 Å². The van der Waals surface area contributed by atoms with Gasteiger partial charge in [-0.25, -0.2) is 15.1 Å². The summed E-state index contributed by atoms with van der Waals surface area (Å²) in [6, 6.07) is 9.59. The van der Waals surface area contributed by atoms with Crippen LogP contribution in [0.2, 0.25) is 5.02 Å². The number of rotatable bonds is 10. The van der Waals surface area contributed by atoms with Gasteiger partial charge in [-0.1, -0.05) is 23.7 Å². The number of hydrogen-bond donors (Lipinski definition) is 2. The van der Waals surface area contributed by atoms with E-state index in [2.05, 4.69) is 20.2 Å². The maximum absolute atomic E-state index is 13.5. The van der Waals surface area contributed by atoms with Crippen molar-refractivity contribution in [2.75, 3.05) is 26.0 Å². The molecule has 3 N–H and O–H groups in total. The number of anilines is 1. The van der Waals surface area contributed by atoms with Crippen molar-refractivity contribution in [3.63, 3.8) is 0 Å². The van der Waals surface area contributed by atoms with Crippen molar-refractivity contribution >= 4 is 44.8 Å². The van der Waals surface area contributed by atoms with Gasteiger partial charge in [0.2, 0.25) is 5.78 Å². The van der Waals surface area contributed by atoms with Gasteiger partial charge in [-0.3, -0.25) is 13.9 Å². The number of halogens is 1. The molecular weight excluding hydrogens is 522 g/mol. The normalized spacial score (nSPS) is 18.9. The Morgan fingerprint density at radius 2 is 2.11 bits per heavy atom. The first kappa shape index (κ1) is 26.6. The van der Waals surface area contributed by atoms with Crippen LogP contribution in [0.5, 0.6) is 0 Å². The van der Waals surface area contributed by atoms with Crippen molar-refractivity contribution in [2.24, 2.45) is 11.1 Å². The van der Waals surface area contributed by atoms with Gasteiger partial charge in [-0.15, -0.1) is 11.3 Å². The number of aromatic nitrogens is 2. The highest BCUT2D eigenvalue weighted by Gasteiger charge is 2.28. The van der Waals surface area contributed by atoms with Gasteiger partial charge in [0, 0.05) is 17.3 Å². The summed E-state index contributed by atoms with van der Waals surface area (Å²) in [4.78, 5) is 24.5. The summed E-state index contributed by atoms with van der Waals surface area (Å²) >= 11 is 7.60. The Balaban J connectivity index is 1.50. The Morgan fingerprint density at radius 3 is 2.83 bits per heavy atom. The first-order valence-corrected chi connectivity index (χ1v) is 14.1. The third kappa shape index (κ3) is 6.67. The maximum Gasteiger partial charge on any atom is 0.333 e. The second kappa shape index (κ2) is 11.3. The standard InChI is InChI=1S/C24H28ClN5O4S2/c1-30(2)22(16-4-3-5-18(25)9-16)17-10-21(35-13-17)23(31)20-11-27-14-28-24(20)29-19-7-6-15(8-19)12-34-36(26,32)33/h3-5,9-11,13-15,19,22H,6-8,12H2,1-2H3,(H2,26,32,33)(H,27,28,29)/t15-,19?,22?/m1/s1. The third-order valence-electron chi connectivity index (χ3n) is 6.15. The van der Waals surface area contributed by atoms with Crippen molar-refractivity contribution in [2.45, 2.75) is 31.3 Å². The molecule has 3 atom stereocenters. The first-order valence-electron chi connectivity index (χ1n) is 11.4. The predicted molar refractivity (Wildman–Crippen MR) is 141 cm³/mol. The molecule has 12 heteroatoms. The Bertz CT molecular complexity index is 1330. The Kier molecular flexibility index (Phi) is 8.38. The lowest BCUT2D eigenvalue weighted by molar-refractivity contribution is 0.104. The number of nitrogens with one attached hydrogen (secondary N) is 1. The van der Waals surface area contributed by atoms with E-state index in [0.29, 0.717) is 27.7 Å². The van der Waals surface area contributed by atoms with Gasteiger partial charge < -0.3 is 5.32 Å². The molecule has 2 unspecified atom stereocenters. The number of nitrogens with zero attached hydrogens (tertiary/aromatic N) is 3. The number of carbonyl (C=O) groups excluding carboxylic acids is 1. The summed E-state index contributed by atoms with van der Waals surface area (Å²) in [6.07, 6.45) is 5.18. The highest BCUT2D eigenvalue weighted by Crippen LogP contribution is 2.33. The van der Waals surface area contributed by atoms with E-state index in [-0.39, 0.29) is 30.4 Å². The maximum atomic E-state index is 13.5. The molecule has 1 saturated carbocycles. The lowest BCUT2D eigenvalue weighted by atomic mass is 9.99. The number of hydrogen-bond acceptors (Lipinski definition) is 9. The average Bonchev–Trinajstić information content (AvgIpc) is 3.47. The molecule has 0 amide bonds. The molecule has 36 heavy (non-hydrogen) atoms. The van der Waals surface area contributed by atoms with Crippen LogP contribution in [0.4, 0.5) is 5.82 Å². The smallest absolute Gasteiger partial charge is 0.333 e. The highest BCUT2D eigenvalue weighted by molar-refractivity contribution is 7.84. The van der Waals surface area contributed by atoms with E-state index in [1.54, 1.807) is 0 Å². The number of carbonyl (C=O) groups is 1. The van der Waals surface area contributed by atoms with Crippen LogP contribution in [0.25, 0.3) is 0 Å². The van der Waals surface area contributed by atoms with Crippen molar-refractivity contribution < 1.29 is 17.4 Å². The molecule has 192 valence electrons. The van der Waals surface area contributed by atoms with Gasteiger partial charge in [-0.05, 0) is 74.0 Å². The molecule has 0 saturated heterocycles. The summed E-state index contributed by atoms with van der Waals surface area (Å²) in [5.74, 6) is 0.350. The zero-order valence-electron chi connectivity index (χ0n) is 19.9. The lowest BCUT2D eigenvalue weighted by Crippen LogP contribution is -2.22. The van der Waals surface area contributed by atoms with E-state index >= 15 is 0 Å². The fourth-order valence-electron chi connectivity index (χ4n) is 4.56. The van der Waals surface area contributed by atoms with E-state index in [1.807, 2.05) is 49.8 Å². The Morgan fingerprint density at radius 1 is 1.31 bits per heavy atom. The quantitative estimate of drug-likeness (QED) is 0.365. The van der Waals surface area contributed by atoms with Crippen molar-refractivity contribution in [1.29, 1.82) is 0 Å². The Labute approximate surface area is 219 Å². The monoisotopic (exact) mass is 549 g/mol. The summed E-state index contributed by atoms with van der Waals surface area (Å²) < 4.78 is 26.9. The summed E-state index contributed by atoms with van der Waals surface area (Å²) in [5, 5.41) is 10.9. The zero-order valence-corrected chi connectivity index (χ0v) is 22.3. The number of ketones is 1. The number of benzene rings is 1.